The van der Waals surface area contributed by atoms with Gasteiger partial charge in [0, 0.05) is 5.56 Å². The molecule has 0 saturated heterocycles. The van der Waals surface area contributed by atoms with E-state index in [9.17, 15) is 9.59 Å². The predicted molar refractivity (Wildman–Crippen MR) is 109 cm³/mol. The molecule has 1 heterocycles. The molecule has 3 aromatic rings. The third kappa shape index (κ3) is 5.07. The van der Waals surface area contributed by atoms with Gasteiger partial charge in [-0.2, -0.15) is 0 Å². The predicted octanol–water partition coefficient (Wildman–Crippen LogP) is 3.66. The number of methoxy groups -OCH3 is 1. The lowest BCUT2D eigenvalue weighted by Crippen LogP contribution is -2.13. The van der Waals surface area contributed by atoms with Crippen LogP contribution < -0.4 is 15.4 Å². The summed E-state index contributed by atoms with van der Waals surface area (Å²) in [6.45, 7) is 2.03. The summed E-state index contributed by atoms with van der Waals surface area (Å²) in [7, 11) is 1.54. The minimum Gasteiger partial charge on any atom is -0.497 e. The summed E-state index contributed by atoms with van der Waals surface area (Å²) in [5, 5.41) is 13.8. The van der Waals surface area contributed by atoms with E-state index in [1.165, 1.54) is 7.11 Å². The average molecular weight is 392 g/mol. The molecule has 3 rings (SSSR count). The van der Waals surface area contributed by atoms with E-state index in [2.05, 4.69) is 20.8 Å². The molecule has 0 aliphatic carbocycles. The van der Waals surface area contributed by atoms with Gasteiger partial charge < -0.3 is 20.1 Å². The molecule has 0 radical (unpaired) electrons. The number of esters is 1. The smallest absolute Gasteiger partial charge is 0.340 e. The van der Waals surface area contributed by atoms with Crippen molar-refractivity contribution in [3.63, 3.8) is 0 Å². The number of anilines is 3. The van der Waals surface area contributed by atoms with Crippen molar-refractivity contribution in [1.82, 2.24) is 10.2 Å². The van der Waals surface area contributed by atoms with Gasteiger partial charge in [0.25, 0.3) is 5.91 Å². The highest BCUT2D eigenvalue weighted by Gasteiger charge is 2.13. The van der Waals surface area contributed by atoms with Crippen molar-refractivity contribution in [2.24, 2.45) is 0 Å². The van der Waals surface area contributed by atoms with Crippen LogP contribution in [0.15, 0.2) is 60.7 Å². The number of hydrogen-bond donors (Lipinski definition) is 2. The van der Waals surface area contributed by atoms with Gasteiger partial charge >= 0.3 is 5.97 Å². The molecular formula is C21H20N4O4. The Balaban J connectivity index is 1.69. The number of ether oxygens (including phenoxy) is 2. The molecule has 8 nitrogen and oxygen atoms in total. The zero-order chi connectivity index (χ0) is 20.6. The van der Waals surface area contributed by atoms with E-state index in [0.29, 0.717) is 34.2 Å². The zero-order valence-electron chi connectivity index (χ0n) is 16.0. The van der Waals surface area contributed by atoms with E-state index in [0.717, 1.165) is 0 Å². The molecule has 0 bridgehead atoms. The summed E-state index contributed by atoms with van der Waals surface area (Å²) >= 11 is 0. The largest absolute Gasteiger partial charge is 0.497 e. The van der Waals surface area contributed by atoms with Crippen LogP contribution >= 0.6 is 0 Å². The fourth-order valence-electron chi connectivity index (χ4n) is 2.54. The number of hydrogen-bond acceptors (Lipinski definition) is 7. The highest BCUT2D eigenvalue weighted by molar-refractivity contribution is 6.04. The number of benzene rings is 2. The molecular weight excluding hydrogens is 372 g/mol. The van der Waals surface area contributed by atoms with E-state index in [1.807, 2.05) is 0 Å². The SMILES string of the molecule is CCOC(=O)c1ccccc1Nc1ccc(NC(=O)c2cccc(OC)c2)nn1. The minimum atomic E-state index is -0.425. The van der Waals surface area contributed by atoms with Crippen LogP contribution in [0.5, 0.6) is 5.75 Å². The Hall–Kier alpha value is -3.94. The van der Waals surface area contributed by atoms with E-state index >= 15 is 0 Å². The van der Waals surface area contributed by atoms with Crippen LogP contribution in [0.25, 0.3) is 0 Å². The molecule has 1 aromatic heterocycles. The average Bonchev–Trinajstić information content (AvgIpc) is 2.75. The standard InChI is InChI=1S/C21H20N4O4/c1-3-29-21(27)16-9-4-5-10-17(16)22-18-11-12-19(25-24-18)23-20(26)14-7-6-8-15(13-14)28-2/h4-13H,3H2,1-2H3,(H,22,24)(H,23,25,26). The van der Waals surface area contributed by atoms with Crippen LogP contribution in [0, 0.1) is 0 Å². The van der Waals surface area contributed by atoms with Gasteiger partial charge in [-0.25, -0.2) is 4.79 Å². The molecule has 2 aromatic carbocycles. The number of nitrogens with one attached hydrogen (secondary N) is 2. The Labute approximate surface area is 167 Å². The summed E-state index contributed by atoms with van der Waals surface area (Å²) in [5.74, 6) is 0.545. The van der Waals surface area contributed by atoms with Gasteiger partial charge in [-0.15, -0.1) is 10.2 Å². The lowest BCUT2D eigenvalue weighted by molar-refractivity contribution is 0.0527. The maximum atomic E-state index is 12.3. The normalized spacial score (nSPS) is 10.1. The first-order valence-electron chi connectivity index (χ1n) is 8.93. The highest BCUT2D eigenvalue weighted by Crippen LogP contribution is 2.21. The molecule has 8 heteroatoms. The van der Waals surface area contributed by atoms with Crippen molar-refractivity contribution >= 4 is 29.2 Å². The van der Waals surface area contributed by atoms with Crippen LogP contribution in [0.1, 0.15) is 27.6 Å². The number of carbonyl (C=O) groups excluding carboxylic acids is 2. The first kappa shape index (κ1) is 19.8. The first-order valence-corrected chi connectivity index (χ1v) is 8.93. The zero-order valence-corrected chi connectivity index (χ0v) is 16.0. The molecule has 29 heavy (non-hydrogen) atoms. The Bertz CT molecular complexity index is 1010. The molecule has 1 amide bonds. The number of aromatic nitrogens is 2. The van der Waals surface area contributed by atoms with Crippen molar-refractivity contribution in [3.05, 3.63) is 71.8 Å². The maximum Gasteiger partial charge on any atom is 0.340 e. The van der Waals surface area contributed by atoms with Crippen molar-refractivity contribution in [2.75, 3.05) is 24.4 Å². The molecule has 0 atom stereocenters. The molecule has 0 aliphatic rings. The van der Waals surface area contributed by atoms with Crippen LogP contribution in [-0.2, 0) is 4.74 Å². The lowest BCUT2D eigenvalue weighted by atomic mass is 10.2. The van der Waals surface area contributed by atoms with Crippen LogP contribution in [0.2, 0.25) is 0 Å². The van der Waals surface area contributed by atoms with Crippen molar-refractivity contribution < 1.29 is 19.1 Å². The molecule has 0 saturated carbocycles. The number of amides is 1. The second kappa shape index (κ2) is 9.32. The second-order valence-electron chi connectivity index (χ2n) is 5.88. The monoisotopic (exact) mass is 392 g/mol. The summed E-state index contributed by atoms with van der Waals surface area (Å²) < 4.78 is 10.2. The second-order valence-corrected chi connectivity index (χ2v) is 5.88. The van der Waals surface area contributed by atoms with Gasteiger partial charge in [-0.3, -0.25) is 4.79 Å². The summed E-state index contributed by atoms with van der Waals surface area (Å²) in [5.41, 5.74) is 1.39. The molecule has 0 spiro atoms. The summed E-state index contributed by atoms with van der Waals surface area (Å²) in [6, 6.07) is 17.0. The third-order valence-corrected chi connectivity index (χ3v) is 3.92. The summed E-state index contributed by atoms with van der Waals surface area (Å²) in [4.78, 5) is 24.4. The van der Waals surface area contributed by atoms with Gasteiger partial charge in [-0.05, 0) is 49.4 Å². The van der Waals surface area contributed by atoms with Gasteiger partial charge in [0.1, 0.15) is 5.75 Å². The van der Waals surface area contributed by atoms with Crippen LogP contribution in [0.4, 0.5) is 17.3 Å². The molecule has 148 valence electrons. The Morgan fingerprint density at radius 3 is 2.45 bits per heavy atom. The number of nitrogens with zero attached hydrogens (tertiary/aromatic N) is 2. The van der Waals surface area contributed by atoms with Crippen molar-refractivity contribution in [3.8, 4) is 5.75 Å². The van der Waals surface area contributed by atoms with E-state index in [-0.39, 0.29) is 12.5 Å². The minimum absolute atomic E-state index is 0.286. The summed E-state index contributed by atoms with van der Waals surface area (Å²) in [6.07, 6.45) is 0. The molecule has 2 N–H and O–H groups in total. The Morgan fingerprint density at radius 1 is 0.966 bits per heavy atom. The Kier molecular flexibility index (Phi) is 6.36. The van der Waals surface area contributed by atoms with Crippen molar-refractivity contribution in [2.45, 2.75) is 6.92 Å². The van der Waals surface area contributed by atoms with Gasteiger partial charge in [0.2, 0.25) is 0 Å². The molecule has 0 aliphatic heterocycles. The van der Waals surface area contributed by atoms with Gasteiger partial charge in [0.05, 0.1) is 25.0 Å². The van der Waals surface area contributed by atoms with Crippen molar-refractivity contribution in [1.29, 1.82) is 0 Å². The van der Waals surface area contributed by atoms with Crippen LogP contribution in [-0.4, -0.2) is 35.8 Å². The highest BCUT2D eigenvalue weighted by atomic mass is 16.5. The molecule has 0 fully saturated rings. The van der Waals surface area contributed by atoms with E-state index in [1.54, 1.807) is 67.6 Å². The van der Waals surface area contributed by atoms with E-state index < -0.39 is 5.97 Å². The Morgan fingerprint density at radius 2 is 1.72 bits per heavy atom. The number of para-hydroxylation sites is 1. The van der Waals surface area contributed by atoms with E-state index in [4.69, 9.17) is 9.47 Å². The topological polar surface area (TPSA) is 102 Å². The third-order valence-electron chi connectivity index (χ3n) is 3.92. The fraction of sp³-hybridized carbons (Fsp3) is 0.143. The van der Waals surface area contributed by atoms with Gasteiger partial charge in [0.15, 0.2) is 11.6 Å². The lowest BCUT2D eigenvalue weighted by Gasteiger charge is -2.11. The number of rotatable bonds is 7. The maximum absolute atomic E-state index is 12.3. The van der Waals surface area contributed by atoms with Gasteiger partial charge in [-0.1, -0.05) is 18.2 Å². The first-order chi connectivity index (χ1) is 14.1. The quantitative estimate of drug-likeness (QED) is 0.592. The van der Waals surface area contributed by atoms with Crippen LogP contribution in [0.3, 0.4) is 0 Å². The molecule has 0 unspecified atom stereocenters. The number of carbonyl (C=O) groups is 2. The fourth-order valence-corrected chi connectivity index (χ4v) is 2.54.